The van der Waals surface area contributed by atoms with E-state index >= 15 is 0 Å². The van der Waals surface area contributed by atoms with Gasteiger partial charge in [0, 0.05) is 17.5 Å². The Balaban J connectivity index is 1.54. The van der Waals surface area contributed by atoms with E-state index < -0.39 is 64.5 Å². The van der Waals surface area contributed by atoms with Gasteiger partial charge in [0.2, 0.25) is 0 Å². The smallest absolute Gasteiger partial charge is 0.268 e. The molecule has 2 aliphatic carbocycles. The summed E-state index contributed by atoms with van der Waals surface area (Å²) in [4.78, 5) is 56.3. The van der Waals surface area contributed by atoms with E-state index in [0.29, 0.717) is 16.5 Å². The Kier molecular flexibility index (Phi) is 9.06. The van der Waals surface area contributed by atoms with Gasteiger partial charge in [0.15, 0.2) is 11.6 Å². The second kappa shape index (κ2) is 13.1. The van der Waals surface area contributed by atoms with Crippen molar-refractivity contribution in [3.05, 3.63) is 126 Å². The van der Waals surface area contributed by atoms with E-state index in [1.165, 1.54) is 22.3 Å². The van der Waals surface area contributed by atoms with Gasteiger partial charge in [-0.1, -0.05) is 90.1 Å². The third-order valence-electron chi connectivity index (χ3n) is 11.4. The van der Waals surface area contributed by atoms with Crippen LogP contribution in [-0.4, -0.2) is 59.9 Å². The molecule has 0 unspecified atom stereocenters. The predicted molar refractivity (Wildman–Crippen MR) is 206 cm³/mol. The first-order valence-electron chi connectivity index (χ1n) is 17.8. The number of ketones is 2. The summed E-state index contributed by atoms with van der Waals surface area (Å²) >= 11 is 7.65. The van der Waals surface area contributed by atoms with E-state index in [4.69, 9.17) is 16.0 Å². The van der Waals surface area contributed by atoms with Crippen LogP contribution in [0.15, 0.2) is 114 Å². The summed E-state index contributed by atoms with van der Waals surface area (Å²) in [5, 5.41) is 0.500. The lowest BCUT2D eigenvalue weighted by molar-refractivity contribution is -0.130. The first-order chi connectivity index (χ1) is 25.1. The standard InChI is InChI=1S/C41H41ClN2O7SSi/c1-24(2)53(25(3)4,26(5)6)51-35-22-32(31-23-43(33-19-13-12-16-28(31)33)52(49,50)27-14-8-7-9-15-27)41(42)36(46)21-20-34(45)37(41)38(35)44-39(47)29-17-10-11-18-30(29)40(44)48/h7-26,32,37-38H,1-6H3/t32-,37+,38+,41-/m0/s1. The van der Waals surface area contributed by atoms with E-state index in [-0.39, 0.29) is 38.4 Å². The van der Waals surface area contributed by atoms with Crippen LogP contribution in [0.2, 0.25) is 16.6 Å². The molecule has 12 heteroatoms. The van der Waals surface area contributed by atoms with Crippen LogP contribution in [0, 0.1) is 5.92 Å². The van der Waals surface area contributed by atoms with Crippen LogP contribution in [-0.2, 0) is 24.0 Å². The lowest BCUT2D eigenvalue weighted by atomic mass is 9.63. The molecule has 0 spiro atoms. The van der Waals surface area contributed by atoms with Crippen LogP contribution in [0.25, 0.3) is 10.9 Å². The minimum atomic E-state index is -4.14. The van der Waals surface area contributed by atoms with Crippen molar-refractivity contribution in [2.45, 2.75) is 79.9 Å². The highest BCUT2D eigenvalue weighted by Gasteiger charge is 2.64. The number of nitrogens with zero attached hydrogens (tertiary/aromatic N) is 2. The molecule has 3 aliphatic rings. The molecule has 3 aromatic carbocycles. The minimum absolute atomic E-state index is 0.0499. The molecule has 1 aromatic heterocycles. The normalized spacial score (nSPS) is 23.3. The molecule has 9 nitrogen and oxygen atoms in total. The number of alkyl halides is 1. The van der Waals surface area contributed by atoms with Crippen LogP contribution in [0.3, 0.4) is 0 Å². The lowest BCUT2D eigenvalue weighted by Gasteiger charge is -2.52. The third kappa shape index (κ3) is 5.33. The highest BCUT2D eigenvalue weighted by molar-refractivity contribution is 7.90. The number of carbonyl (C=O) groups is 4. The number of fused-ring (bicyclic) bond motifs is 3. The molecule has 0 radical (unpaired) electrons. The molecule has 274 valence electrons. The monoisotopic (exact) mass is 768 g/mol. The fourth-order valence-corrected chi connectivity index (χ4v) is 16.2. The number of rotatable bonds is 9. The van der Waals surface area contributed by atoms with E-state index in [0.717, 1.165) is 17.1 Å². The maximum absolute atomic E-state index is 14.4. The molecule has 0 fully saturated rings. The maximum Gasteiger partial charge on any atom is 0.268 e. The van der Waals surface area contributed by atoms with Crippen molar-refractivity contribution in [3.63, 3.8) is 0 Å². The van der Waals surface area contributed by atoms with Gasteiger partial charge in [0.1, 0.15) is 16.7 Å². The number of hydrogen-bond donors (Lipinski definition) is 0. The first kappa shape index (κ1) is 36.8. The average Bonchev–Trinajstić information content (AvgIpc) is 3.64. The SMILES string of the molecule is CC(C)[Si](OC1=C[C@@H](c2cn(S(=O)(=O)c3ccccc3)c3ccccc23)[C@]2(Cl)C(=O)C=CC(=O)[C@@H]2[C@@H]1N1C(=O)c2ccccc2C1=O)(C(C)C)C(C)C. The van der Waals surface area contributed by atoms with Gasteiger partial charge in [-0.2, -0.15) is 0 Å². The van der Waals surface area contributed by atoms with Crippen molar-refractivity contribution in [1.29, 1.82) is 0 Å². The number of amides is 2. The molecule has 0 saturated carbocycles. The Hall–Kier alpha value is -4.58. The number of aromatic nitrogens is 1. The number of hydrogen-bond acceptors (Lipinski definition) is 7. The van der Waals surface area contributed by atoms with Crippen molar-refractivity contribution in [1.82, 2.24) is 8.87 Å². The highest BCUT2D eigenvalue weighted by atomic mass is 35.5. The van der Waals surface area contributed by atoms with Gasteiger partial charge >= 0.3 is 0 Å². The summed E-state index contributed by atoms with van der Waals surface area (Å²) in [7, 11) is -7.02. The molecule has 53 heavy (non-hydrogen) atoms. The second-order valence-electron chi connectivity index (χ2n) is 15.0. The molecule has 7 rings (SSSR count). The van der Waals surface area contributed by atoms with Gasteiger partial charge in [-0.05, 0) is 70.7 Å². The summed E-state index contributed by atoms with van der Waals surface area (Å²) < 4.78 is 36.9. The fourth-order valence-electron chi connectivity index (χ4n) is 9.06. The topological polar surface area (TPSA) is 120 Å². The second-order valence-corrected chi connectivity index (χ2v) is 22.8. The minimum Gasteiger partial charge on any atom is -0.544 e. The Morgan fingerprint density at radius 2 is 1.30 bits per heavy atom. The summed E-state index contributed by atoms with van der Waals surface area (Å²) in [6.07, 6.45) is 5.43. The maximum atomic E-state index is 14.4. The molecule has 4 atom stereocenters. The number of carbonyl (C=O) groups excluding carboxylic acids is 4. The van der Waals surface area contributed by atoms with Gasteiger partial charge in [-0.25, -0.2) is 12.4 Å². The molecule has 1 aliphatic heterocycles. The summed E-state index contributed by atoms with van der Waals surface area (Å²) in [6.45, 7) is 12.6. The molecule has 4 aromatic rings. The number of halogens is 1. The number of benzene rings is 3. The largest absolute Gasteiger partial charge is 0.544 e. The quantitative estimate of drug-likeness (QED) is 0.0961. The van der Waals surface area contributed by atoms with E-state index in [1.807, 2.05) is 0 Å². The fraction of sp³-hybridized carbons (Fsp3) is 0.317. The van der Waals surface area contributed by atoms with Gasteiger partial charge in [0.25, 0.3) is 30.2 Å². The molecule has 0 bridgehead atoms. The molecule has 2 heterocycles. The molecule has 0 N–H and O–H groups in total. The van der Waals surface area contributed by atoms with Crippen molar-refractivity contribution >= 4 is 64.2 Å². The number of imide groups is 1. The van der Waals surface area contributed by atoms with Crippen molar-refractivity contribution in [3.8, 4) is 0 Å². The average molecular weight is 769 g/mol. The summed E-state index contributed by atoms with van der Waals surface area (Å²) in [5.41, 5.74) is 1.24. The zero-order valence-electron chi connectivity index (χ0n) is 30.3. The molecular weight excluding hydrogens is 728 g/mol. The summed E-state index contributed by atoms with van der Waals surface area (Å²) in [6, 6.07) is 20.0. The highest BCUT2D eigenvalue weighted by Crippen LogP contribution is 2.56. The number of para-hydroxylation sites is 1. The van der Waals surface area contributed by atoms with E-state index in [9.17, 15) is 27.6 Å². The molecule has 0 saturated heterocycles. The predicted octanol–water partition coefficient (Wildman–Crippen LogP) is 8.02. The van der Waals surface area contributed by atoms with Crippen LogP contribution in [0.5, 0.6) is 0 Å². The van der Waals surface area contributed by atoms with Gasteiger partial charge < -0.3 is 4.43 Å². The van der Waals surface area contributed by atoms with Crippen LogP contribution in [0.4, 0.5) is 0 Å². The van der Waals surface area contributed by atoms with Crippen LogP contribution >= 0.6 is 11.6 Å². The zero-order chi connectivity index (χ0) is 38.2. The first-order valence-corrected chi connectivity index (χ1v) is 21.8. The Morgan fingerprint density at radius 1 is 0.755 bits per heavy atom. The van der Waals surface area contributed by atoms with Crippen molar-refractivity contribution in [2.75, 3.05) is 0 Å². The Bertz CT molecular complexity index is 2310. The Labute approximate surface area is 315 Å². The van der Waals surface area contributed by atoms with Crippen LogP contribution in [0.1, 0.15) is 73.7 Å². The van der Waals surface area contributed by atoms with E-state index in [1.54, 1.807) is 72.8 Å². The van der Waals surface area contributed by atoms with Crippen molar-refractivity contribution < 1.29 is 32.0 Å². The van der Waals surface area contributed by atoms with Crippen molar-refractivity contribution in [2.24, 2.45) is 5.92 Å². The molecular formula is C41H41ClN2O7SSi. The van der Waals surface area contributed by atoms with Gasteiger partial charge in [-0.3, -0.25) is 24.1 Å². The Morgan fingerprint density at radius 3 is 1.89 bits per heavy atom. The number of allylic oxidation sites excluding steroid dienone is 3. The summed E-state index contributed by atoms with van der Waals surface area (Å²) in [5.74, 6) is -4.76. The molecule has 2 amide bonds. The van der Waals surface area contributed by atoms with E-state index in [2.05, 4.69) is 41.5 Å². The van der Waals surface area contributed by atoms with Crippen LogP contribution < -0.4 is 0 Å². The van der Waals surface area contributed by atoms with Gasteiger partial charge in [0.05, 0.1) is 27.5 Å². The van der Waals surface area contributed by atoms with Gasteiger partial charge in [-0.15, -0.1) is 11.6 Å². The lowest BCUT2D eigenvalue weighted by Crippen LogP contribution is -2.63. The third-order valence-corrected chi connectivity index (χ3v) is 19.7. The zero-order valence-corrected chi connectivity index (χ0v) is 32.9.